The van der Waals surface area contributed by atoms with E-state index < -0.39 is 0 Å². The molecule has 1 amide bonds. The van der Waals surface area contributed by atoms with Gasteiger partial charge in [-0.25, -0.2) is 9.98 Å². The van der Waals surface area contributed by atoms with Gasteiger partial charge in [0.25, 0.3) is 5.91 Å². The van der Waals surface area contributed by atoms with E-state index in [4.69, 9.17) is 16.3 Å². The van der Waals surface area contributed by atoms with E-state index in [-0.39, 0.29) is 5.91 Å². The molecule has 32 heavy (non-hydrogen) atoms. The highest BCUT2D eigenvalue weighted by molar-refractivity contribution is 8.18. The zero-order valence-corrected chi connectivity index (χ0v) is 18.7. The van der Waals surface area contributed by atoms with Gasteiger partial charge in [-0.3, -0.25) is 9.69 Å². The number of benzene rings is 2. The van der Waals surface area contributed by atoms with Gasteiger partial charge in [0.15, 0.2) is 11.0 Å². The second kappa shape index (κ2) is 10.3. The molecule has 0 spiro atoms. The smallest absolute Gasteiger partial charge is 0.267 e. The predicted octanol–water partition coefficient (Wildman–Crippen LogP) is 6.10. The number of hydrogen-bond acceptors (Lipinski definition) is 5. The Kier molecular flexibility index (Phi) is 7.04. The van der Waals surface area contributed by atoms with Gasteiger partial charge in [0, 0.05) is 23.3 Å². The first-order valence-electron chi connectivity index (χ1n) is 9.92. The lowest BCUT2D eigenvalue weighted by Crippen LogP contribution is -2.29. The molecule has 0 saturated carbocycles. The van der Waals surface area contributed by atoms with Gasteiger partial charge in [0.05, 0.1) is 4.91 Å². The summed E-state index contributed by atoms with van der Waals surface area (Å²) >= 11 is 7.26. The Balaban J connectivity index is 1.59. The molecule has 1 fully saturated rings. The van der Waals surface area contributed by atoms with Crippen LogP contribution in [0.4, 0.5) is 5.82 Å². The van der Waals surface area contributed by atoms with Crippen LogP contribution in [0.15, 0.2) is 95.5 Å². The molecule has 4 rings (SSSR count). The molecule has 5 nitrogen and oxygen atoms in total. The summed E-state index contributed by atoms with van der Waals surface area (Å²) in [5, 5.41) is 1.25. The molecule has 0 bridgehead atoms. The molecule has 0 unspecified atom stereocenters. The minimum absolute atomic E-state index is 0.128. The second-order valence-corrected chi connectivity index (χ2v) is 8.30. The highest BCUT2D eigenvalue weighted by atomic mass is 35.5. The molecular weight excluding hydrogens is 442 g/mol. The molecule has 1 aromatic heterocycles. The molecule has 160 valence electrons. The summed E-state index contributed by atoms with van der Waals surface area (Å²) in [4.78, 5) is 24.0. The molecule has 2 heterocycles. The summed E-state index contributed by atoms with van der Waals surface area (Å²) in [6.45, 7) is 4.52. The number of halogens is 1. The molecule has 0 N–H and O–H groups in total. The summed E-state index contributed by atoms with van der Waals surface area (Å²) in [5.74, 6) is 1.11. The van der Waals surface area contributed by atoms with Crippen molar-refractivity contribution in [2.45, 2.75) is 6.61 Å². The average molecular weight is 462 g/mol. The first-order chi connectivity index (χ1) is 15.6. The Bertz CT molecular complexity index is 1180. The number of pyridine rings is 1. The van der Waals surface area contributed by atoms with Crippen LogP contribution in [0, 0.1) is 0 Å². The maximum atomic E-state index is 13.1. The van der Waals surface area contributed by atoms with E-state index in [1.54, 1.807) is 23.2 Å². The van der Waals surface area contributed by atoms with Crippen LogP contribution in [0.2, 0.25) is 5.02 Å². The van der Waals surface area contributed by atoms with Gasteiger partial charge in [-0.2, -0.15) is 0 Å². The van der Waals surface area contributed by atoms with Crippen molar-refractivity contribution in [2.75, 3.05) is 6.54 Å². The number of carbonyl (C=O) groups excluding carboxylic acids is 1. The van der Waals surface area contributed by atoms with E-state index in [0.717, 1.165) is 11.1 Å². The third-order valence-electron chi connectivity index (χ3n) is 4.57. The molecule has 0 radical (unpaired) electrons. The number of hydrogen-bond donors (Lipinski definition) is 0. The maximum Gasteiger partial charge on any atom is 0.267 e. The number of amides is 1. The van der Waals surface area contributed by atoms with Crippen LogP contribution in [0.3, 0.4) is 0 Å². The SMILES string of the molecule is C=CCN1C(=O)/C(=C/c2ccccc2OCc2ccc(Cl)cc2)S/C1=N/c1ccccn1. The molecule has 0 atom stereocenters. The van der Waals surface area contributed by atoms with Crippen LogP contribution >= 0.6 is 23.4 Å². The largest absolute Gasteiger partial charge is 0.488 e. The fraction of sp³-hybridized carbons (Fsp3) is 0.0800. The lowest BCUT2D eigenvalue weighted by atomic mass is 10.1. The van der Waals surface area contributed by atoms with E-state index in [0.29, 0.717) is 39.8 Å². The van der Waals surface area contributed by atoms with Gasteiger partial charge in [0.2, 0.25) is 0 Å². The molecule has 1 saturated heterocycles. The minimum atomic E-state index is -0.128. The maximum absolute atomic E-state index is 13.1. The third-order valence-corrected chi connectivity index (χ3v) is 5.83. The van der Waals surface area contributed by atoms with Gasteiger partial charge in [-0.05, 0) is 53.7 Å². The van der Waals surface area contributed by atoms with Crippen LogP contribution in [-0.4, -0.2) is 27.5 Å². The molecule has 2 aromatic carbocycles. The number of rotatable bonds is 7. The number of amidine groups is 1. The summed E-state index contributed by atoms with van der Waals surface area (Å²) in [6, 6.07) is 20.6. The Morgan fingerprint density at radius 3 is 2.62 bits per heavy atom. The zero-order chi connectivity index (χ0) is 22.3. The van der Waals surface area contributed by atoms with Crippen molar-refractivity contribution in [1.82, 2.24) is 9.88 Å². The minimum Gasteiger partial charge on any atom is -0.488 e. The highest BCUT2D eigenvalue weighted by Gasteiger charge is 2.32. The molecular formula is C25H20ClN3O2S. The number of carbonyl (C=O) groups is 1. The van der Waals surface area contributed by atoms with Crippen molar-refractivity contribution < 1.29 is 9.53 Å². The van der Waals surface area contributed by atoms with E-state index >= 15 is 0 Å². The summed E-state index contributed by atoms with van der Waals surface area (Å²) < 4.78 is 6.03. The Labute approximate surface area is 196 Å². The Hall–Kier alpha value is -3.35. The number of nitrogens with zero attached hydrogens (tertiary/aromatic N) is 3. The number of ether oxygens (including phenoxy) is 1. The molecule has 1 aliphatic heterocycles. The Morgan fingerprint density at radius 2 is 1.88 bits per heavy atom. The van der Waals surface area contributed by atoms with Gasteiger partial charge in [0.1, 0.15) is 12.4 Å². The van der Waals surface area contributed by atoms with Crippen molar-refractivity contribution in [3.63, 3.8) is 0 Å². The standard InChI is InChI=1S/C25H20ClN3O2S/c1-2-15-29-24(30)22(32-25(29)28-23-9-5-6-14-27-23)16-19-7-3-4-8-21(19)31-17-18-10-12-20(26)13-11-18/h2-14,16H,1,15,17H2/b22-16-,28-25+. The topological polar surface area (TPSA) is 54.8 Å². The van der Waals surface area contributed by atoms with Gasteiger partial charge in [-0.15, -0.1) is 6.58 Å². The summed E-state index contributed by atoms with van der Waals surface area (Å²) in [7, 11) is 0. The summed E-state index contributed by atoms with van der Waals surface area (Å²) in [6.07, 6.45) is 5.18. The molecule has 3 aromatic rings. The first-order valence-corrected chi connectivity index (χ1v) is 11.1. The average Bonchev–Trinajstić information content (AvgIpc) is 3.09. The van der Waals surface area contributed by atoms with Crippen LogP contribution in [0.25, 0.3) is 6.08 Å². The normalized spacial score (nSPS) is 16.0. The number of aromatic nitrogens is 1. The van der Waals surface area contributed by atoms with Gasteiger partial charge >= 0.3 is 0 Å². The van der Waals surface area contributed by atoms with Crippen LogP contribution in [0.1, 0.15) is 11.1 Å². The predicted molar refractivity (Wildman–Crippen MR) is 131 cm³/mol. The fourth-order valence-corrected chi connectivity index (χ4v) is 4.13. The third kappa shape index (κ3) is 5.28. The van der Waals surface area contributed by atoms with Crippen molar-refractivity contribution in [3.05, 3.63) is 107 Å². The molecule has 0 aliphatic carbocycles. The highest BCUT2D eigenvalue weighted by Crippen LogP contribution is 2.35. The van der Waals surface area contributed by atoms with Crippen molar-refractivity contribution in [3.8, 4) is 5.75 Å². The quantitative estimate of drug-likeness (QED) is 0.315. The van der Waals surface area contributed by atoms with Crippen LogP contribution in [-0.2, 0) is 11.4 Å². The van der Waals surface area contributed by atoms with Gasteiger partial charge < -0.3 is 4.74 Å². The Morgan fingerprint density at radius 1 is 1.09 bits per heavy atom. The number of thioether (sulfide) groups is 1. The fourth-order valence-electron chi connectivity index (χ4n) is 3.01. The monoisotopic (exact) mass is 461 g/mol. The van der Waals surface area contributed by atoms with E-state index in [9.17, 15) is 4.79 Å². The lowest BCUT2D eigenvalue weighted by molar-refractivity contribution is -0.121. The van der Waals surface area contributed by atoms with Crippen LogP contribution < -0.4 is 4.74 Å². The van der Waals surface area contributed by atoms with Crippen LogP contribution in [0.5, 0.6) is 5.75 Å². The van der Waals surface area contributed by atoms with E-state index in [1.807, 2.05) is 66.7 Å². The van der Waals surface area contributed by atoms with Crippen molar-refractivity contribution in [1.29, 1.82) is 0 Å². The molecule has 7 heteroatoms. The van der Waals surface area contributed by atoms with Gasteiger partial charge in [-0.1, -0.05) is 54.1 Å². The number of aliphatic imine (C=N–C) groups is 1. The van der Waals surface area contributed by atoms with E-state index in [2.05, 4.69) is 16.6 Å². The zero-order valence-electron chi connectivity index (χ0n) is 17.1. The second-order valence-electron chi connectivity index (χ2n) is 6.85. The molecule has 1 aliphatic rings. The first kappa shape index (κ1) is 21.9. The van der Waals surface area contributed by atoms with Crippen molar-refractivity contribution in [2.24, 2.45) is 4.99 Å². The van der Waals surface area contributed by atoms with E-state index in [1.165, 1.54) is 11.8 Å². The summed E-state index contributed by atoms with van der Waals surface area (Å²) in [5.41, 5.74) is 1.82. The number of para-hydroxylation sites is 1. The lowest BCUT2D eigenvalue weighted by Gasteiger charge is -2.12. The van der Waals surface area contributed by atoms with Crippen molar-refractivity contribution >= 4 is 46.3 Å².